The maximum atomic E-state index is 10.6. The minimum Gasteiger partial charge on any atom is -0.372 e. The minimum atomic E-state index is -2.06. The van der Waals surface area contributed by atoms with Gasteiger partial charge in [-0.3, -0.25) is 0 Å². The summed E-state index contributed by atoms with van der Waals surface area (Å²) >= 11 is 0. The molecular formula is C11H17NO3. The van der Waals surface area contributed by atoms with E-state index in [9.17, 15) is 15.0 Å². The zero-order valence-corrected chi connectivity index (χ0v) is 9.05. The Morgan fingerprint density at radius 1 is 1.47 bits per heavy atom. The monoisotopic (exact) mass is 211 g/mol. The van der Waals surface area contributed by atoms with Crippen LogP contribution in [-0.2, 0) is 4.79 Å². The molecule has 0 spiro atoms. The largest absolute Gasteiger partial charge is 0.372 e. The molecule has 84 valence electrons. The second-order valence-corrected chi connectivity index (χ2v) is 3.55. The Hall–Kier alpha value is -1.13. The Bertz CT molecular complexity index is 290. The lowest BCUT2D eigenvalue weighted by Gasteiger charge is -2.31. The molecule has 0 saturated heterocycles. The zero-order chi connectivity index (χ0) is 11.5. The van der Waals surface area contributed by atoms with E-state index in [4.69, 9.17) is 0 Å². The van der Waals surface area contributed by atoms with Crippen molar-refractivity contribution >= 4 is 6.29 Å². The van der Waals surface area contributed by atoms with E-state index in [1.54, 1.807) is 6.08 Å². The molecule has 0 heterocycles. The van der Waals surface area contributed by atoms with Gasteiger partial charge in [-0.2, -0.15) is 0 Å². The molecular weight excluding hydrogens is 194 g/mol. The van der Waals surface area contributed by atoms with E-state index in [0.717, 1.165) is 18.8 Å². The van der Waals surface area contributed by atoms with Crippen LogP contribution in [0, 0.1) is 5.92 Å². The highest BCUT2D eigenvalue weighted by atomic mass is 16.5. The lowest BCUT2D eigenvalue weighted by molar-refractivity contribution is -0.155. The molecule has 0 aliphatic heterocycles. The fourth-order valence-corrected chi connectivity index (χ4v) is 1.64. The van der Waals surface area contributed by atoms with E-state index in [2.05, 4.69) is 0 Å². The van der Waals surface area contributed by atoms with Gasteiger partial charge in [0.2, 0.25) is 0 Å². The third-order valence-electron chi connectivity index (χ3n) is 2.60. The van der Waals surface area contributed by atoms with Crippen molar-refractivity contribution in [2.45, 2.75) is 19.6 Å². The highest BCUT2D eigenvalue weighted by Crippen LogP contribution is 2.25. The van der Waals surface area contributed by atoms with Crippen molar-refractivity contribution in [2.24, 2.45) is 5.92 Å². The molecule has 0 aromatic heterocycles. The summed E-state index contributed by atoms with van der Waals surface area (Å²) in [6.45, 7) is 5.55. The summed E-state index contributed by atoms with van der Waals surface area (Å²) in [5, 5.41) is 19.2. The summed E-state index contributed by atoms with van der Waals surface area (Å²) < 4.78 is 0. The highest BCUT2D eigenvalue weighted by Gasteiger charge is 2.33. The molecule has 0 fully saturated rings. The van der Waals surface area contributed by atoms with E-state index >= 15 is 0 Å². The topological polar surface area (TPSA) is 60.8 Å². The van der Waals surface area contributed by atoms with Gasteiger partial charge in [0.05, 0.1) is 5.92 Å². The molecule has 1 atom stereocenters. The first-order chi connectivity index (χ1) is 7.05. The van der Waals surface area contributed by atoms with E-state index < -0.39 is 11.7 Å². The van der Waals surface area contributed by atoms with Crippen molar-refractivity contribution in [1.82, 2.24) is 4.90 Å². The number of aldehydes is 1. The van der Waals surface area contributed by atoms with Crippen molar-refractivity contribution in [2.75, 3.05) is 13.1 Å². The Balaban J connectivity index is 2.92. The average molecular weight is 211 g/mol. The molecule has 1 aliphatic carbocycles. The van der Waals surface area contributed by atoms with E-state index in [1.165, 1.54) is 12.2 Å². The first-order valence-corrected chi connectivity index (χ1v) is 5.11. The molecule has 4 heteroatoms. The van der Waals surface area contributed by atoms with Gasteiger partial charge < -0.3 is 19.9 Å². The molecule has 1 rings (SSSR count). The maximum absolute atomic E-state index is 10.6. The van der Waals surface area contributed by atoms with Crippen LogP contribution in [-0.4, -0.2) is 40.3 Å². The summed E-state index contributed by atoms with van der Waals surface area (Å²) in [6.07, 6.45) is 5.11. The average Bonchev–Trinajstić information content (AvgIpc) is 2.18. The van der Waals surface area contributed by atoms with E-state index in [0.29, 0.717) is 6.29 Å². The molecule has 1 unspecified atom stereocenters. The van der Waals surface area contributed by atoms with Gasteiger partial charge in [0.15, 0.2) is 5.79 Å². The van der Waals surface area contributed by atoms with E-state index in [1.807, 2.05) is 18.7 Å². The fourth-order valence-electron chi connectivity index (χ4n) is 1.64. The zero-order valence-electron chi connectivity index (χ0n) is 9.05. The number of allylic oxidation sites excluding steroid dienone is 1. The summed E-state index contributed by atoms with van der Waals surface area (Å²) in [5.41, 5.74) is 0.739. The van der Waals surface area contributed by atoms with Crippen LogP contribution in [0.25, 0.3) is 0 Å². The molecule has 0 radical (unpaired) electrons. The second-order valence-electron chi connectivity index (χ2n) is 3.55. The van der Waals surface area contributed by atoms with Crippen molar-refractivity contribution in [3.63, 3.8) is 0 Å². The lowest BCUT2D eigenvalue weighted by Crippen LogP contribution is -2.39. The molecule has 15 heavy (non-hydrogen) atoms. The number of rotatable bonds is 4. The quantitative estimate of drug-likeness (QED) is 0.518. The molecule has 0 aromatic carbocycles. The standard InChI is InChI=1S/C11H17NO3/c1-3-12(4-2)10-6-5-9(8-13)11(14,15)7-10/h5-9,14-15H,3-4H2,1-2H3. The summed E-state index contributed by atoms with van der Waals surface area (Å²) in [6, 6.07) is 0. The Labute approximate surface area is 89.5 Å². The molecule has 0 bridgehead atoms. The molecule has 0 saturated carbocycles. The van der Waals surface area contributed by atoms with Crippen molar-refractivity contribution < 1.29 is 15.0 Å². The van der Waals surface area contributed by atoms with Gasteiger partial charge in [-0.25, -0.2) is 0 Å². The van der Waals surface area contributed by atoms with Crippen molar-refractivity contribution in [3.05, 3.63) is 23.9 Å². The molecule has 2 N–H and O–H groups in total. The van der Waals surface area contributed by atoms with Gasteiger partial charge in [-0.1, -0.05) is 6.08 Å². The Morgan fingerprint density at radius 2 is 2.07 bits per heavy atom. The second kappa shape index (κ2) is 4.59. The van der Waals surface area contributed by atoms with E-state index in [-0.39, 0.29) is 0 Å². The van der Waals surface area contributed by atoms with Crippen LogP contribution < -0.4 is 0 Å². The van der Waals surface area contributed by atoms with Crippen molar-refractivity contribution in [1.29, 1.82) is 0 Å². The number of hydrogen-bond donors (Lipinski definition) is 2. The van der Waals surface area contributed by atoms with Crippen LogP contribution in [0.5, 0.6) is 0 Å². The predicted octanol–water partition coefficient (Wildman–Crippen LogP) is 0.278. The highest BCUT2D eigenvalue weighted by molar-refractivity contribution is 5.60. The molecule has 0 amide bonds. The number of nitrogens with zero attached hydrogens (tertiary/aromatic N) is 1. The number of hydrogen-bond acceptors (Lipinski definition) is 4. The summed E-state index contributed by atoms with van der Waals surface area (Å²) in [7, 11) is 0. The van der Waals surface area contributed by atoms with Crippen LogP contribution in [0.15, 0.2) is 23.9 Å². The number of carbonyl (C=O) groups is 1. The maximum Gasteiger partial charge on any atom is 0.198 e. The first-order valence-electron chi connectivity index (χ1n) is 5.11. The minimum absolute atomic E-state index is 0.534. The Morgan fingerprint density at radius 3 is 2.47 bits per heavy atom. The normalized spacial score (nSPS) is 23.5. The van der Waals surface area contributed by atoms with Gasteiger partial charge >= 0.3 is 0 Å². The number of carbonyl (C=O) groups excluding carboxylic acids is 1. The lowest BCUT2D eigenvalue weighted by atomic mass is 9.93. The van der Waals surface area contributed by atoms with Gasteiger partial charge in [0.25, 0.3) is 0 Å². The summed E-state index contributed by atoms with van der Waals surface area (Å²) in [4.78, 5) is 12.6. The van der Waals surface area contributed by atoms with Gasteiger partial charge in [-0.05, 0) is 26.0 Å². The predicted molar refractivity (Wildman–Crippen MR) is 56.9 cm³/mol. The third kappa shape index (κ3) is 2.46. The van der Waals surface area contributed by atoms with Crippen LogP contribution in [0.3, 0.4) is 0 Å². The van der Waals surface area contributed by atoms with Crippen molar-refractivity contribution in [3.8, 4) is 0 Å². The van der Waals surface area contributed by atoms with Gasteiger partial charge in [0, 0.05) is 18.8 Å². The third-order valence-corrected chi connectivity index (χ3v) is 2.60. The fraction of sp³-hybridized carbons (Fsp3) is 0.545. The summed E-state index contributed by atoms with van der Waals surface area (Å²) in [5.74, 6) is -2.94. The smallest absolute Gasteiger partial charge is 0.198 e. The Kier molecular flexibility index (Phi) is 3.66. The molecule has 1 aliphatic rings. The SMILES string of the molecule is CCN(CC)C1=CC(O)(O)C(C=O)C=C1. The van der Waals surface area contributed by atoms with Gasteiger partial charge in [0.1, 0.15) is 6.29 Å². The molecule has 4 nitrogen and oxygen atoms in total. The van der Waals surface area contributed by atoms with Crippen LogP contribution in [0.4, 0.5) is 0 Å². The first kappa shape index (κ1) is 11.9. The van der Waals surface area contributed by atoms with Crippen LogP contribution in [0.2, 0.25) is 0 Å². The van der Waals surface area contributed by atoms with Crippen LogP contribution >= 0.6 is 0 Å². The van der Waals surface area contributed by atoms with Gasteiger partial charge in [-0.15, -0.1) is 0 Å². The molecule has 0 aromatic rings. The van der Waals surface area contributed by atoms with Crippen LogP contribution in [0.1, 0.15) is 13.8 Å². The number of aliphatic hydroxyl groups is 2. The number of likely N-dealkylation sites (N-methyl/N-ethyl adjacent to an activating group) is 1.